The van der Waals surface area contributed by atoms with Gasteiger partial charge in [-0.15, -0.1) is 0 Å². The number of hydrogen-bond donors (Lipinski definition) is 0. The number of halogens is 1. The van der Waals surface area contributed by atoms with Crippen molar-refractivity contribution >= 4 is 26.8 Å². The van der Waals surface area contributed by atoms with E-state index in [1.54, 1.807) is 0 Å². The van der Waals surface area contributed by atoms with E-state index in [-0.39, 0.29) is 11.0 Å². The molecule has 3 nitrogen and oxygen atoms in total. The van der Waals surface area contributed by atoms with Crippen LogP contribution in [-0.2, 0) is 5.41 Å². The Morgan fingerprint density at radius 3 is 2.64 bits per heavy atom. The summed E-state index contributed by atoms with van der Waals surface area (Å²) in [7, 11) is 0. The van der Waals surface area contributed by atoms with Crippen molar-refractivity contribution in [3.05, 3.63) is 68.2 Å². The summed E-state index contributed by atoms with van der Waals surface area (Å²) in [4.78, 5) is 17.5. The van der Waals surface area contributed by atoms with E-state index < -0.39 is 0 Å². The number of hydrogen-bond acceptors (Lipinski definition) is 2. The maximum atomic E-state index is 12.9. The fourth-order valence-corrected chi connectivity index (χ4v) is 5.24. The summed E-state index contributed by atoms with van der Waals surface area (Å²) in [5.74, 6) is 1.43. The Bertz CT molecular complexity index is 1120. The Hall–Kier alpha value is -1.94. The number of nitrogens with zero attached hydrogens (tertiary/aromatic N) is 2. The quantitative estimate of drug-likeness (QED) is 0.457. The van der Waals surface area contributed by atoms with Crippen molar-refractivity contribution < 1.29 is 0 Å². The second-order valence-corrected chi connectivity index (χ2v) is 8.92. The van der Waals surface area contributed by atoms with E-state index >= 15 is 0 Å². The molecule has 0 aliphatic carbocycles. The smallest absolute Gasteiger partial charge is 0.281 e. The third-order valence-corrected chi connectivity index (χ3v) is 7.19. The van der Waals surface area contributed by atoms with Crippen LogP contribution >= 0.6 is 15.9 Å². The lowest BCUT2D eigenvalue weighted by atomic mass is 9.79. The summed E-state index contributed by atoms with van der Waals surface area (Å²) in [6.45, 7) is 8.90. The predicted octanol–water partition coefficient (Wildman–Crippen LogP) is 6.47. The van der Waals surface area contributed by atoms with E-state index in [1.807, 2.05) is 18.2 Å². The molecule has 0 N–H and O–H groups in total. The molecule has 2 aromatic carbocycles. The second kappa shape index (κ2) is 7.14. The molecule has 146 valence electrons. The number of fused-ring (bicyclic) bond motifs is 5. The van der Waals surface area contributed by atoms with E-state index in [2.05, 4.69) is 71.4 Å². The number of benzene rings is 2. The minimum atomic E-state index is -0.254. The zero-order valence-electron chi connectivity index (χ0n) is 17.1. The largest absolute Gasteiger partial charge is 0.296 e. The van der Waals surface area contributed by atoms with Gasteiger partial charge in [0.15, 0.2) is 0 Å². The highest BCUT2D eigenvalue weighted by Gasteiger charge is 2.41. The lowest BCUT2D eigenvalue weighted by molar-refractivity contribution is 0.529. The van der Waals surface area contributed by atoms with Gasteiger partial charge in [0.05, 0.1) is 22.0 Å². The summed E-state index contributed by atoms with van der Waals surface area (Å²) in [5, 5.41) is 0.656. The van der Waals surface area contributed by atoms with Crippen LogP contribution in [0.15, 0.2) is 45.7 Å². The molecule has 0 amide bonds. The SMILES string of the molecule is CCCC(CC)c1ccc2c(c1)-n1c(nc(=O)c3c(Br)cccc31)C2(C)CC. The van der Waals surface area contributed by atoms with Gasteiger partial charge in [-0.05, 0) is 77.4 Å². The molecule has 2 unspecified atom stereocenters. The van der Waals surface area contributed by atoms with Crippen LogP contribution in [-0.4, -0.2) is 9.55 Å². The third-order valence-electron chi connectivity index (χ3n) is 6.52. The van der Waals surface area contributed by atoms with Gasteiger partial charge in [-0.3, -0.25) is 9.36 Å². The maximum absolute atomic E-state index is 12.9. The zero-order valence-corrected chi connectivity index (χ0v) is 18.6. The van der Waals surface area contributed by atoms with Crippen LogP contribution in [0.2, 0.25) is 0 Å². The van der Waals surface area contributed by atoms with Crippen molar-refractivity contribution in [3.8, 4) is 5.69 Å². The highest BCUT2D eigenvalue weighted by molar-refractivity contribution is 9.10. The first-order valence-electron chi connectivity index (χ1n) is 10.3. The molecule has 1 aliphatic heterocycles. The molecule has 1 aromatic heterocycles. The van der Waals surface area contributed by atoms with E-state index in [9.17, 15) is 4.79 Å². The molecule has 0 spiro atoms. The molecule has 2 heterocycles. The van der Waals surface area contributed by atoms with Gasteiger partial charge in [-0.25, -0.2) is 0 Å². The molecule has 4 rings (SSSR count). The van der Waals surface area contributed by atoms with Crippen LogP contribution in [0, 0.1) is 0 Å². The van der Waals surface area contributed by atoms with Gasteiger partial charge in [0, 0.05) is 4.47 Å². The van der Waals surface area contributed by atoms with Gasteiger partial charge in [0.2, 0.25) is 0 Å². The van der Waals surface area contributed by atoms with Gasteiger partial charge < -0.3 is 0 Å². The average molecular weight is 439 g/mol. The van der Waals surface area contributed by atoms with Crippen LogP contribution in [0.1, 0.15) is 76.2 Å². The monoisotopic (exact) mass is 438 g/mol. The van der Waals surface area contributed by atoms with Crippen LogP contribution in [0.25, 0.3) is 16.6 Å². The zero-order chi connectivity index (χ0) is 20.1. The topological polar surface area (TPSA) is 34.9 Å². The van der Waals surface area contributed by atoms with Crippen molar-refractivity contribution in [2.75, 3.05) is 0 Å². The highest BCUT2D eigenvalue weighted by Crippen LogP contribution is 2.46. The predicted molar refractivity (Wildman–Crippen MR) is 120 cm³/mol. The molecule has 28 heavy (non-hydrogen) atoms. The third kappa shape index (κ3) is 2.68. The first-order chi connectivity index (χ1) is 13.5. The highest BCUT2D eigenvalue weighted by atomic mass is 79.9. The van der Waals surface area contributed by atoms with E-state index in [4.69, 9.17) is 0 Å². The Morgan fingerprint density at radius 2 is 1.96 bits per heavy atom. The van der Waals surface area contributed by atoms with Crippen molar-refractivity contribution in [3.63, 3.8) is 0 Å². The average Bonchev–Trinajstić information content (AvgIpc) is 2.95. The maximum Gasteiger partial charge on any atom is 0.281 e. The van der Waals surface area contributed by atoms with Crippen LogP contribution in [0.3, 0.4) is 0 Å². The van der Waals surface area contributed by atoms with Gasteiger partial charge in [0.1, 0.15) is 5.82 Å². The number of rotatable bonds is 5. The van der Waals surface area contributed by atoms with Gasteiger partial charge in [0.25, 0.3) is 5.56 Å². The van der Waals surface area contributed by atoms with Crippen LogP contribution in [0.5, 0.6) is 0 Å². The Morgan fingerprint density at radius 1 is 1.18 bits per heavy atom. The second-order valence-electron chi connectivity index (χ2n) is 8.07. The normalized spacial score (nSPS) is 18.9. The van der Waals surface area contributed by atoms with Crippen molar-refractivity contribution in [2.45, 2.75) is 64.7 Å². The van der Waals surface area contributed by atoms with Crippen molar-refractivity contribution in [2.24, 2.45) is 0 Å². The summed E-state index contributed by atoms with van der Waals surface area (Å²) < 4.78 is 3.03. The fourth-order valence-electron chi connectivity index (χ4n) is 4.72. The Balaban J connectivity index is 2.08. The molecule has 2 atom stereocenters. The van der Waals surface area contributed by atoms with Gasteiger partial charge in [-0.1, -0.05) is 45.4 Å². The molecule has 0 radical (unpaired) electrons. The van der Waals surface area contributed by atoms with E-state index in [0.717, 1.165) is 28.7 Å². The Labute approximate surface area is 174 Å². The van der Waals surface area contributed by atoms with Crippen molar-refractivity contribution in [1.29, 1.82) is 0 Å². The first kappa shape index (κ1) is 19.4. The van der Waals surface area contributed by atoms with Crippen LogP contribution < -0.4 is 5.56 Å². The van der Waals surface area contributed by atoms with Gasteiger partial charge in [-0.2, -0.15) is 4.98 Å². The fraction of sp³-hybridized carbons (Fsp3) is 0.417. The molecule has 0 bridgehead atoms. The molecule has 3 aromatic rings. The lowest BCUT2D eigenvalue weighted by Crippen LogP contribution is -2.26. The molecule has 4 heteroatoms. The number of aromatic nitrogens is 2. The molecule has 0 saturated carbocycles. The summed E-state index contributed by atoms with van der Waals surface area (Å²) in [6.07, 6.45) is 4.42. The molecule has 1 aliphatic rings. The molecular formula is C24H27BrN2O. The minimum Gasteiger partial charge on any atom is -0.296 e. The summed E-state index contributed by atoms with van der Waals surface area (Å²) in [6, 6.07) is 12.9. The minimum absolute atomic E-state index is 0.154. The first-order valence-corrected chi connectivity index (χ1v) is 11.1. The van der Waals surface area contributed by atoms with E-state index in [1.165, 1.54) is 29.7 Å². The molecular weight excluding hydrogens is 412 g/mol. The van der Waals surface area contributed by atoms with E-state index in [0.29, 0.717) is 11.3 Å². The Kier molecular flexibility index (Phi) is 4.95. The molecule has 0 saturated heterocycles. The molecule has 0 fully saturated rings. The summed E-state index contributed by atoms with van der Waals surface area (Å²) in [5.41, 5.74) is 4.36. The van der Waals surface area contributed by atoms with Gasteiger partial charge >= 0.3 is 0 Å². The standard InChI is InChI=1S/C24H27BrN2O/c1-5-9-15(6-2)16-12-13-17-20(14-16)27-19-11-8-10-18(25)21(19)22(28)26-23(27)24(17,4)7-3/h8,10-15H,5-7,9H2,1-4H3. The van der Waals surface area contributed by atoms with Crippen LogP contribution in [0.4, 0.5) is 0 Å². The van der Waals surface area contributed by atoms with Crippen molar-refractivity contribution in [1.82, 2.24) is 9.55 Å². The lowest BCUT2D eigenvalue weighted by Gasteiger charge is -2.23. The summed E-state index contributed by atoms with van der Waals surface area (Å²) >= 11 is 3.56.